The molecule has 0 amide bonds. The van der Waals surface area contributed by atoms with E-state index in [1.807, 2.05) is 112 Å². The number of halogens is 6. The predicted molar refractivity (Wildman–Crippen MR) is 367 cm³/mol. The number of hydrogen-bond donors (Lipinski definition) is 7. The maximum atomic E-state index is 14.4. The van der Waals surface area contributed by atoms with E-state index in [1.54, 1.807) is 73.6 Å². The molecule has 492 valence electrons. The van der Waals surface area contributed by atoms with Gasteiger partial charge in [-0.1, -0.05) is 30.7 Å². The van der Waals surface area contributed by atoms with Gasteiger partial charge in [0.2, 0.25) is 0 Å². The molecule has 0 radical (unpaired) electrons. The number of carbonyl (C=O) groups excluding carboxylic acids is 1. The first kappa shape index (κ1) is 64.2. The van der Waals surface area contributed by atoms with Gasteiger partial charge in [0.15, 0.2) is 22.8 Å². The van der Waals surface area contributed by atoms with Crippen molar-refractivity contribution in [1.82, 2.24) is 79.9 Å². The summed E-state index contributed by atoms with van der Waals surface area (Å²) in [4.78, 5) is 37.5. The second-order valence-electron chi connectivity index (χ2n) is 23.8. The lowest BCUT2D eigenvalue weighted by atomic mass is 10.1. The van der Waals surface area contributed by atoms with Crippen molar-refractivity contribution in [3.05, 3.63) is 186 Å². The molecule has 4 aromatic carbocycles. The lowest BCUT2D eigenvalue weighted by Gasteiger charge is -2.18. The monoisotopic (exact) mass is 1330 g/mol. The zero-order valence-electron chi connectivity index (χ0n) is 53.3. The molecule has 23 nitrogen and oxygen atoms in total. The Hall–Kier alpha value is -11.6. The van der Waals surface area contributed by atoms with E-state index < -0.39 is 30.0 Å². The van der Waals surface area contributed by atoms with Crippen LogP contribution in [0.25, 0.3) is 65.8 Å². The number of pyridine rings is 4. The molecule has 0 saturated carbocycles. The topological polar surface area (TPSA) is 281 Å². The molecular formula is C68H62ClF5N22O. The number of carbonyl (C=O) groups is 1. The molecule has 0 fully saturated rings. The Morgan fingerprint density at radius 2 is 0.959 bits per heavy atom. The van der Waals surface area contributed by atoms with Crippen LogP contribution in [0.5, 0.6) is 0 Å². The number of aromatic amines is 3. The molecule has 7 N–H and O–H groups in total. The highest BCUT2D eigenvalue weighted by Gasteiger charge is 2.36. The predicted octanol–water partition coefficient (Wildman–Crippen LogP) is 15.1. The molecule has 29 heteroatoms. The third-order valence-corrected chi connectivity index (χ3v) is 16.6. The van der Waals surface area contributed by atoms with E-state index in [4.69, 9.17) is 11.6 Å². The number of benzene rings is 4. The summed E-state index contributed by atoms with van der Waals surface area (Å²) in [5.74, 6) is -4.68. The number of alkyl halides is 5. The van der Waals surface area contributed by atoms with Gasteiger partial charge >= 0.3 is 11.8 Å². The first-order chi connectivity index (χ1) is 46.5. The molecule has 2 aliphatic heterocycles. The minimum atomic E-state index is -3.50. The minimum absolute atomic E-state index is 0.247. The summed E-state index contributed by atoms with van der Waals surface area (Å²) in [5.41, 5.74) is 12.2. The Labute approximate surface area is 554 Å². The van der Waals surface area contributed by atoms with E-state index >= 15 is 0 Å². The van der Waals surface area contributed by atoms with Gasteiger partial charge in [0.1, 0.15) is 40.5 Å². The number of anilines is 7. The fourth-order valence-electron chi connectivity index (χ4n) is 11.2. The van der Waals surface area contributed by atoms with Gasteiger partial charge in [-0.15, -0.1) is 0 Å². The van der Waals surface area contributed by atoms with Crippen LogP contribution in [0.15, 0.2) is 156 Å². The van der Waals surface area contributed by atoms with Crippen LogP contribution >= 0.6 is 11.6 Å². The van der Waals surface area contributed by atoms with Crippen LogP contribution in [0.3, 0.4) is 0 Å². The highest BCUT2D eigenvalue weighted by molar-refractivity contribution is 6.70. The van der Waals surface area contributed by atoms with E-state index in [0.29, 0.717) is 87.9 Å². The number of nitrogens with zero attached hydrogens (tertiary/aromatic N) is 15. The highest BCUT2D eigenvalue weighted by Crippen LogP contribution is 2.33. The van der Waals surface area contributed by atoms with E-state index in [-0.39, 0.29) is 6.54 Å². The third-order valence-electron chi connectivity index (χ3n) is 16.2. The molecule has 16 rings (SSSR count). The summed E-state index contributed by atoms with van der Waals surface area (Å²) < 4.78 is 71.7. The van der Waals surface area contributed by atoms with E-state index in [1.165, 1.54) is 4.68 Å². The largest absolute Gasteiger partial charge is 0.340 e. The number of aliphatic imine (C=N–C) groups is 2. The summed E-state index contributed by atoms with van der Waals surface area (Å²) in [6.07, 6.45) is 7.28. The minimum Gasteiger partial charge on any atom is -0.340 e. The number of nitrogens with one attached hydrogen (secondary N) is 7. The normalized spacial score (nSPS) is 13.3. The summed E-state index contributed by atoms with van der Waals surface area (Å²) in [6.45, 7) is 11.5. The fraction of sp³-hybridized carbons (Fsp3) is 0.221. The zero-order valence-corrected chi connectivity index (χ0v) is 54.0. The number of H-pyrrole nitrogens is 3. The van der Waals surface area contributed by atoms with Crippen LogP contribution in [-0.2, 0) is 26.2 Å². The van der Waals surface area contributed by atoms with E-state index in [9.17, 15) is 26.7 Å². The summed E-state index contributed by atoms with van der Waals surface area (Å²) in [5, 5.41) is 52.7. The van der Waals surface area contributed by atoms with Gasteiger partial charge in [-0.05, 0) is 149 Å². The number of amidine groups is 1. The van der Waals surface area contributed by atoms with Gasteiger partial charge < -0.3 is 21.3 Å². The molecule has 1 unspecified atom stereocenters. The maximum absolute atomic E-state index is 14.4. The molecule has 14 aromatic rings. The number of fused-ring (bicyclic) bond motifs is 8. The average Bonchev–Trinajstić information content (AvgIpc) is 1.65. The zero-order chi connectivity index (χ0) is 67.9. The summed E-state index contributed by atoms with van der Waals surface area (Å²) >= 11 is 6.09. The van der Waals surface area contributed by atoms with Crippen LogP contribution in [-0.4, -0.2) is 114 Å². The molecule has 0 bridgehead atoms. The molecule has 0 aliphatic carbocycles. The van der Waals surface area contributed by atoms with Crippen molar-refractivity contribution in [2.75, 3.05) is 21.3 Å². The van der Waals surface area contributed by atoms with Crippen LogP contribution < -0.4 is 21.3 Å². The molecule has 12 heterocycles. The Kier molecular flexibility index (Phi) is 17.2. The van der Waals surface area contributed by atoms with Crippen molar-refractivity contribution in [2.24, 2.45) is 9.98 Å². The van der Waals surface area contributed by atoms with Gasteiger partial charge in [0, 0.05) is 88.7 Å². The third kappa shape index (κ3) is 13.7. The summed E-state index contributed by atoms with van der Waals surface area (Å²) in [6, 6.07) is 37.8. The Morgan fingerprint density at radius 1 is 0.515 bits per heavy atom. The molecular weight excluding hydrogens is 1270 g/mol. The number of aryl methyl sites for hydroxylation is 3. The molecule has 10 aromatic heterocycles. The number of hydrogen-bond acceptors (Lipinski definition) is 17. The highest BCUT2D eigenvalue weighted by atomic mass is 35.5. The van der Waals surface area contributed by atoms with Gasteiger partial charge in [0.25, 0.3) is 5.92 Å². The first-order valence-corrected chi connectivity index (χ1v) is 31.1. The lowest BCUT2D eigenvalue weighted by molar-refractivity contribution is 0.00174. The molecule has 2 aliphatic rings. The maximum Gasteiger partial charge on any atom is 0.324 e. The van der Waals surface area contributed by atoms with E-state index in [0.717, 1.165) is 107 Å². The SMILES string of the molecule is CCC(C)(F)Cn1nc(C)c2cc(Nc3[nH]nc4ncccc34)ccc21.Cc1nn(C(=O)C(C)(F)F)c2ccc(Nc3[nH]nc4ncccc34)cc12.Cc1nn(CC(C)(F)F)c2ccc(Nc3[nH]nc4ncccc34)cc12.ClC1=NCc2ccc(NC3=NCc4cccnc43)cc21. The van der Waals surface area contributed by atoms with Crippen LogP contribution in [0, 0.1) is 20.8 Å². The Morgan fingerprint density at radius 3 is 1.46 bits per heavy atom. The van der Waals surface area contributed by atoms with Gasteiger partial charge in [0.05, 0.1) is 69.4 Å². The Balaban J connectivity index is 0.000000117. The van der Waals surface area contributed by atoms with Crippen molar-refractivity contribution in [1.29, 1.82) is 0 Å². The standard InChI is InChI=1S/C19H21FN6.C17H14F2N6O.C17H16F2N6.C15H11ClN4/c1-4-19(3,20)11-26-16-8-7-13(10-15(16)12(2)25-26)22-18-14-6-5-9-21-17(14)23-24-18;1-9-12-8-10(21-15-11-4-3-7-20-14(11)22-23-15)5-6-13(12)25(24-9)16(26)17(2,18)19;1-10-13-8-11(5-6-14(13)25(24-10)9-17(2,18)19)21-16-12-4-3-7-20-15(12)22-23-16;16-14-12-6-11(4-3-9(12)7-18-14)20-15-13-10(8-19-15)2-1-5-17-13/h5-10H,4,11H2,1-3H3,(H2,21,22,23,24);3-8H,1-2H3,(H2,20,21,22,23);3-8H,9H2,1-2H3,(H2,20,21,22,23);1-6H,7-8H2,(H,19,20). The van der Waals surface area contributed by atoms with Crippen molar-refractivity contribution < 1.29 is 26.7 Å². The molecule has 0 saturated heterocycles. The van der Waals surface area contributed by atoms with Crippen molar-refractivity contribution in [3.8, 4) is 0 Å². The second-order valence-corrected chi connectivity index (χ2v) is 24.1. The lowest BCUT2D eigenvalue weighted by Crippen LogP contribution is -2.31. The molecule has 97 heavy (non-hydrogen) atoms. The van der Waals surface area contributed by atoms with Gasteiger partial charge in [-0.3, -0.25) is 44.4 Å². The Bertz CT molecular complexity index is 5360. The quantitative estimate of drug-likeness (QED) is 0.0529. The molecule has 0 spiro atoms. The van der Waals surface area contributed by atoms with Crippen molar-refractivity contribution in [2.45, 2.75) is 98.6 Å². The number of aromatic nitrogens is 16. The van der Waals surface area contributed by atoms with Crippen LogP contribution in [0.2, 0.25) is 0 Å². The second kappa shape index (κ2) is 26.0. The van der Waals surface area contributed by atoms with E-state index in [2.05, 4.69) is 97.1 Å². The fourth-order valence-corrected chi connectivity index (χ4v) is 11.4. The van der Waals surface area contributed by atoms with Crippen LogP contribution in [0.4, 0.5) is 62.2 Å². The molecule has 1 atom stereocenters. The summed E-state index contributed by atoms with van der Waals surface area (Å²) in [7, 11) is 0. The average molecular weight is 1330 g/mol. The van der Waals surface area contributed by atoms with Gasteiger partial charge in [-0.2, -0.15) is 44.1 Å². The smallest absolute Gasteiger partial charge is 0.324 e. The van der Waals surface area contributed by atoms with Crippen molar-refractivity contribution in [3.63, 3.8) is 0 Å². The first-order valence-electron chi connectivity index (χ1n) is 30.7. The van der Waals surface area contributed by atoms with Crippen LogP contribution in [0.1, 0.15) is 78.4 Å². The number of rotatable bonds is 13. The van der Waals surface area contributed by atoms with Gasteiger partial charge in [-0.25, -0.2) is 28.1 Å². The van der Waals surface area contributed by atoms with Crippen molar-refractivity contribution >= 4 is 135 Å².